The second kappa shape index (κ2) is 7.24. The predicted octanol–water partition coefficient (Wildman–Crippen LogP) is 1.95. The average molecular weight is 257 g/mol. The summed E-state index contributed by atoms with van der Waals surface area (Å²) in [5.41, 5.74) is 5.67. The molecule has 0 fully saturated rings. The number of nitrogens with one attached hydrogen (secondary N) is 1. The Bertz CT molecular complexity index is 295. The van der Waals surface area contributed by atoms with Gasteiger partial charge in [0.1, 0.15) is 5.84 Å². The minimum atomic E-state index is -0.156. The largest absolute Gasteiger partial charge is 0.409 e. The maximum absolute atomic E-state index is 11.7. The van der Waals surface area contributed by atoms with Crippen LogP contribution in [0.25, 0.3) is 0 Å². The van der Waals surface area contributed by atoms with Crippen LogP contribution in [0.4, 0.5) is 0 Å². The highest BCUT2D eigenvalue weighted by molar-refractivity contribution is 5.83. The molecule has 5 nitrogen and oxygen atoms in total. The Morgan fingerprint density at radius 1 is 1.39 bits per heavy atom. The first-order valence-electron chi connectivity index (χ1n) is 6.40. The van der Waals surface area contributed by atoms with E-state index in [1.165, 1.54) is 0 Å². The Morgan fingerprint density at radius 3 is 2.39 bits per heavy atom. The van der Waals surface area contributed by atoms with Gasteiger partial charge in [-0.2, -0.15) is 0 Å². The standard InChI is InChI=1S/C13H27N3O2/c1-9(7-13(3,4)5)6-11(17)15-8-10(2)12(14)16-18/h9-10,18H,6-8H2,1-5H3,(H2,14,16)(H,15,17). The van der Waals surface area contributed by atoms with Crippen molar-refractivity contribution < 1.29 is 10.0 Å². The Kier molecular flexibility index (Phi) is 6.73. The molecule has 0 aromatic rings. The minimum Gasteiger partial charge on any atom is -0.409 e. The fraction of sp³-hybridized carbons (Fsp3) is 0.846. The zero-order chi connectivity index (χ0) is 14.3. The molecule has 0 rings (SSSR count). The van der Waals surface area contributed by atoms with E-state index in [9.17, 15) is 4.79 Å². The van der Waals surface area contributed by atoms with Crippen molar-refractivity contribution >= 4 is 11.7 Å². The summed E-state index contributed by atoms with van der Waals surface area (Å²) in [6, 6.07) is 0. The molecule has 0 heterocycles. The van der Waals surface area contributed by atoms with Crippen molar-refractivity contribution in [3.8, 4) is 0 Å². The zero-order valence-corrected chi connectivity index (χ0v) is 12.2. The molecular formula is C13H27N3O2. The molecule has 0 radical (unpaired) electrons. The molecule has 0 spiro atoms. The van der Waals surface area contributed by atoms with Gasteiger partial charge >= 0.3 is 0 Å². The Labute approximate surface area is 110 Å². The molecule has 0 aliphatic rings. The molecule has 0 aliphatic heterocycles. The van der Waals surface area contributed by atoms with Gasteiger partial charge in [-0.3, -0.25) is 4.79 Å². The van der Waals surface area contributed by atoms with Crippen LogP contribution in [-0.4, -0.2) is 23.5 Å². The van der Waals surface area contributed by atoms with Crippen molar-refractivity contribution in [1.29, 1.82) is 0 Å². The van der Waals surface area contributed by atoms with E-state index < -0.39 is 0 Å². The van der Waals surface area contributed by atoms with Gasteiger partial charge < -0.3 is 16.3 Å². The third kappa shape index (κ3) is 7.92. The first-order chi connectivity index (χ1) is 8.15. The molecule has 0 bridgehead atoms. The molecule has 2 unspecified atom stereocenters. The van der Waals surface area contributed by atoms with Crippen LogP contribution < -0.4 is 11.1 Å². The summed E-state index contributed by atoms with van der Waals surface area (Å²) in [6.07, 6.45) is 1.52. The van der Waals surface area contributed by atoms with Gasteiger partial charge in [0.05, 0.1) is 0 Å². The smallest absolute Gasteiger partial charge is 0.220 e. The van der Waals surface area contributed by atoms with E-state index in [4.69, 9.17) is 10.9 Å². The topological polar surface area (TPSA) is 87.7 Å². The summed E-state index contributed by atoms with van der Waals surface area (Å²) in [5, 5.41) is 14.2. The number of rotatable bonds is 6. The molecule has 18 heavy (non-hydrogen) atoms. The number of amidine groups is 1. The molecule has 106 valence electrons. The molecule has 0 saturated heterocycles. The molecular weight excluding hydrogens is 230 g/mol. The normalized spacial score (nSPS) is 16.2. The molecule has 4 N–H and O–H groups in total. The Morgan fingerprint density at radius 2 is 1.94 bits per heavy atom. The van der Waals surface area contributed by atoms with Crippen LogP contribution in [0.1, 0.15) is 47.5 Å². The number of oxime groups is 1. The van der Waals surface area contributed by atoms with Gasteiger partial charge in [-0.1, -0.05) is 39.8 Å². The number of amides is 1. The van der Waals surface area contributed by atoms with Crippen molar-refractivity contribution in [2.45, 2.75) is 47.5 Å². The third-order valence-corrected chi connectivity index (χ3v) is 2.72. The molecule has 1 amide bonds. The van der Waals surface area contributed by atoms with E-state index in [-0.39, 0.29) is 23.1 Å². The van der Waals surface area contributed by atoms with Crippen LogP contribution >= 0.6 is 0 Å². The molecule has 0 aromatic carbocycles. The third-order valence-electron chi connectivity index (χ3n) is 2.72. The molecule has 0 aliphatic carbocycles. The van der Waals surface area contributed by atoms with Crippen molar-refractivity contribution in [2.24, 2.45) is 28.1 Å². The number of carbonyl (C=O) groups is 1. The van der Waals surface area contributed by atoms with Crippen LogP contribution in [-0.2, 0) is 4.79 Å². The highest BCUT2D eigenvalue weighted by Gasteiger charge is 2.18. The number of nitrogens with two attached hydrogens (primary N) is 1. The van der Waals surface area contributed by atoms with E-state index in [0.717, 1.165) is 6.42 Å². The van der Waals surface area contributed by atoms with Gasteiger partial charge in [-0.15, -0.1) is 0 Å². The van der Waals surface area contributed by atoms with E-state index in [2.05, 4.69) is 38.2 Å². The second-order valence-corrected chi connectivity index (χ2v) is 6.30. The first-order valence-corrected chi connectivity index (χ1v) is 6.40. The summed E-state index contributed by atoms with van der Waals surface area (Å²) >= 11 is 0. The lowest BCUT2D eigenvalue weighted by Crippen LogP contribution is -2.35. The molecule has 5 heteroatoms. The Hall–Kier alpha value is -1.26. The molecule has 0 aromatic heterocycles. The number of nitrogens with zero attached hydrogens (tertiary/aromatic N) is 1. The Balaban J connectivity index is 3.98. The first kappa shape index (κ1) is 16.7. The van der Waals surface area contributed by atoms with Crippen LogP contribution in [0.3, 0.4) is 0 Å². The van der Waals surface area contributed by atoms with Crippen molar-refractivity contribution in [3.05, 3.63) is 0 Å². The van der Waals surface area contributed by atoms with E-state index in [1.807, 2.05) is 0 Å². The van der Waals surface area contributed by atoms with Gasteiger partial charge in [0.25, 0.3) is 0 Å². The van der Waals surface area contributed by atoms with Crippen LogP contribution in [0.2, 0.25) is 0 Å². The number of hydrogen-bond donors (Lipinski definition) is 3. The maximum Gasteiger partial charge on any atom is 0.220 e. The fourth-order valence-corrected chi connectivity index (χ4v) is 1.98. The van der Waals surface area contributed by atoms with Crippen LogP contribution in [0.5, 0.6) is 0 Å². The van der Waals surface area contributed by atoms with Crippen molar-refractivity contribution in [2.75, 3.05) is 6.54 Å². The lowest BCUT2D eigenvalue weighted by atomic mass is 9.84. The zero-order valence-electron chi connectivity index (χ0n) is 12.2. The highest BCUT2D eigenvalue weighted by Crippen LogP contribution is 2.25. The monoisotopic (exact) mass is 257 g/mol. The molecule has 2 atom stereocenters. The van der Waals surface area contributed by atoms with Gasteiger partial charge in [-0.05, 0) is 17.8 Å². The lowest BCUT2D eigenvalue weighted by molar-refractivity contribution is -0.122. The fourth-order valence-electron chi connectivity index (χ4n) is 1.98. The van der Waals surface area contributed by atoms with Crippen molar-refractivity contribution in [3.63, 3.8) is 0 Å². The van der Waals surface area contributed by atoms with E-state index in [0.29, 0.717) is 18.9 Å². The summed E-state index contributed by atoms with van der Waals surface area (Å²) in [5.74, 6) is 0.350. The van der Waals surface area contributed by atoms with E-state index in [1.54, 1.807) is 6.92 Å². The number of hydrogen-bond acceptors (Lipinski definition) is 3. The van der Waals surface area contributed by atoms with Crippen molar-refractivity contribution in [1.82, 2.24) is 5.32 Å². The number of carbonyl (C=O) groups excluding carboxylic acids is 1. The highest BCUT2D eigenvalue weighted by atomic mass is 16.4. The summed E-state index contributed by atoms with van der Waals surface area (Å²) in [4.78, 5) is 11.7. The quantitative estimate of drug-likeness (QED) is 0.294. The summed E-state index contributed by atoms with van der Waals surface area (Å²) < 4.78 is 0. The van der Waals surface area contributed by atoms with Gasteiger partial charge in [-0.25, -0.2) is 0 Å². The van der Waals surface area contributed by atoms with Crippen LogP contribution in [0.15, 0.2) is 5.16 Å². The molecule has 0 saturated carbocycles. The second-order valence-electron chi connectivity index (χ2n) is 6.30. The SMILES string of the molecule is CC(CC(=O)NCC(C)C(N)=NO)CC(C)(C)C. The van der Waals surface area contributed by atoms with Gasteiger partial charge in [0, 0.05) is 18.9 Å². The van der Waals surface area contributed by atoms with Gasteiger partial charge in [0.2, 0.25) is 5.91 Å². The predicted molar refractivity (Wildman–Crippen MR) is 73.4 cm³/mol. The minimum absolute atomic E-state index is 0.0179. The lowest BCUT2D eigenvalue weighted by Gasteiger charge is -2.23. The van der Waals surface area contributed by atoms with Gasteiger partial charge in [0.15, 0.2) is 0 Å². The summed E-state index contributed by atoms with van der Waals surface area (Å²) in [7, 11) is 0. The summed E-state index contributed by atoms with van der Waals surface area (Å²) in [6.45, 7) is 10.8. The van der Waals surface area contributed by atoms with E-state index >= 15 is 0 Å². The average Bonchev–Trinajstić information content (AvgIpc) is 2.21. The van der Waals surface area contributed by atoms with Crippen LogP contribution in [0, 0.1) is 17.3 Å². The maximum atomic E-state index is 11.7.